The lowest BCUT2D eigenvalue weighted by Crippen LogP contribution is -2.53. The van der Waals surface area contributed by atoms with Crippen molar-refractivity contribution in [2.24, 2.45) is 0 Å². The van der Waals surface area contributed by atoms with Gasteiger partial charge in [0.05, 0.1) is 6.42 Å². The van der Waals surface area contributed by atoms with Crippen molar-refractivity contribution in [3.63, 3.8) is 0 Å². The molecule has 0 aromatic rings. The highest BCUT2D eigenvalue weighted by molar-refractivity contribution is 5.68. The average molecular weight is 281 g/mol. The second-order valence-electron chi connectivity index (χ2n) is 6.97. The van der Waals surface area contributed by atoms with E-state index in [-0.39, 0.29) is 5.54 Å². The Balaban J connectivity index is 2.07. The highest BCUT2D eigenvalue weighted by Crippen LogP contribution is 2.38. The maximum absolute atomic E-state index is 11.4. The van der Waals surface area contributed by atoms with E-state index in [2.05, 4.69) is 11.9 Å². The minimum atomic E-state index is -0.621. The van der Waals surface area contributed by atoms with Gasteiger partial charge in [0, 0.05) is 11.6 Å². The minimum absolute atomic E-state index is 0.0616. The van der Waals surface area contributed by atoms with Crippen molar-refractivity contribution in [2.75, 3.05) is 7.05 Å². The van der Waals surface area contributed by atoms with Gasteiger partial charge in [-0.05, 0) is 32.7 Å². The third-order valence-electron chi connectivity index (χ3n) is 5.64. The molecule has 0 spiro atoms. The van der Waals surface area contributed by atoms with Gasteiger partial charge in [-0.25, -0.2) is 0 Å². The second kappa shape index (κ2) is 7.44. The molecule has 0 amide bonds. The molecule has 0 radical (unpaired) electrons. The lowest BCUT2D eigenvalue weighted by molar-refractivity contribution is -0.141. The van der Waals surface area contributed by atoms with E-state index in [4.69, 9.17) is 0 Å². The van der Waals surface area contributed by atoms with Crippen LogP contribution >= 0.6 is 0 Å². The van der Waals surface area contributed by atoms with Gasteiger partial charge in [0.15, 0.2) is 0 Å². The third kappa shape index (κ3) is 3.97. The molecule has 0 unspecified atom stereocenters. The van der Waals surface area contributed by atoms with Crippen molar-refractivity contribution >= 4 is 5.97 Å². The Hall–Kier alpha value is -0.570. The van der Waals surface area contributed by atoms with Gasteiger partial charge >= 0.3 is 5.97 Å². The molecule has 2 fully saturated rings. The third-order valence-corrected chi connectivity index (χ3v) is 5.64. The Labute approximate surface area is 123 Å². The van der Waals surface area contributed by atoms with E-state index < -0.39 is 5.97 Å². The highest BCUT2D eigenvalue weighted by atomic mass is 16.4. The summed E-state index contributed by atoms with van der Waals surface area (Å²) in [4.78, 5) is 13.8. The van der Waals surface area contributed by atoms with Gasteiger partial charge in [0.2, 0.25) is 0 Å². The van der Waals surface area contributed by atoms with Gasteiger partial charge in [0.25, 0.3) is 0 Å². The molecule has 0 heterocycles. The second-order valence-corrected chi connectivity index (χ2v) is 6.97. The highest BCUT2D eigenvalue weighted by Gasteiger charge is 2.40. The number of rotatable bonds is 4. The molecule has 116 valence electrons. The molecule has 2 saturated carbocycles. The van der Waals surface area contributed by atoms with Gasteiger partial charge in [-0.15, -0.1) is 0 Å². The number of carboxylic acids is 1. The van der Waals surface area contributed by atoms with E-state index in [1.807, 2.05) is 0 Å². The first kappa shape index (κ1) is 15.8. The summed E-state index contributed by atoms with van der Waals surface area (Å²) in [5, 5.41) is 9.35. The first-order valence-electron chi connectivity index (χ1n) is 8.59. The summed E-state index contributed by atoms with van der Waals surface area (Å²) in [5.74, 6) is -0.621. The predicted molar refractivity (Wildman–Crippen MR) is 81.9 cm³/mol. The van der Waals surface area contributed by atoms with Crippen LogP contribution in [-0.2, 0) is 4.79 Å². The lowest BCUT2D eigenvalue weighted by Gasteiger charge is -2.48. The zero-order valence-corrected chi connectivity index (χ0v) is 13.1. The number of aliphatic carboxylic acids is 1. The summed E-state index contributed by atoms with van der Waals surface area (Å²) in [5.41, 5.74) is -0.0616. The number of nitrogens with zero attached hydrogens (tertiary/aromatic N) is 1. The summed E-state index contributed by atoms with van der Waals surface area (Å²) in [6.07, 6.45) is 15.4. The van der Waals surface area contributed by atoms with E-state index in [9.17, 15) is 9.90 Å². The fourth-order valence-electron chi connectivity index (χ4n) is 4.35. The van der Waals surface area contributed by atoms with Crippen molar-refractivity contribution in [1.82, 2.24) is 4.90 Å². The fraction of sp³-hybridized carbons (Fsp3) is 0.941. The molecule has 3 heteroatoms. The number of carboxylic acid groups (broad SMARTS) is 1. The van der Waals surface area contributed by atoms with E-state index in [1.54, 1.807) is 0 Å². The Bertz CT molecular complexity index is 302. The van der Waals surface area contributed by atoms with Crippen LogP contribution in [0.15, 0.2) is 0 Å². The van der Waals surface area contributed by atoms with E-state index in [0.29, 0.717) is 12.5 Å². The number of hydrogen-bond donors (Lipinski definition) is 1. The zero-order chi connectivity index (χ0) is 14.4. The molecule has 3 nitrogen and oxygen atoms in total. The maximum Gasteiger partial charge on any atom is 0.305 e. The van der Waals surface area contributed by atoms with Crippen LogP contribution in [0.25, 0.3) is 0 Å². The quantitative estimate of drug-likeness (QED) is 0.839. The van der Waals surface area contributed by atoms with Crippen LogP contribution in [0.3, 0.4) is 0 Å². The summed E-state index contributed by atoms with van der Waals surface area (Å²) < 4.78 is 0. The Morgan fingerprint density at radius 2 is 1.50 bits per heavy atom. The molecule has 0 saturated heterocycles. The van der Waals surface area contributed by atoms with Crippen LogP contribution in [-0.4, -0.2) is 34.6 Å². The number of hydrogen-bond acceptors (Lipinski definition) is 2. The topological polar surface area (TPSA) is 40.5 Å². The molecule has 20 heavy (non-hydrogen) atoms. The predicted octanol–water partition coefficient (Wildman–Crippen LogP) is 4.21. The van der Waals surface area contributed by atoms with Crippen LogP contribution in [0.1, 0.15) is 83.5 Å². The summed E-state index contributed by atoms with van der Waals surface area (Å²) >= 11 is 0. The SMILES string of the molecule is CN(C1CCCCCCC1)C1(CC(=O)O)CCCCC1. The zero-order valence-electron chi connectivity index (χ0n) is 13.1. The van der Waals surface area contributed by atoms with Gasteiger partial charge in [0.1, 0.15) is 0 Å². The van der Waals surface area contributed by atoms with Crippen molar-refractivity contribution < 1.29 is 9.90 Å². The van der Waals surface area contributed by atoms with Crippen molar-refractivity contribution in [2.45, 2.75) is 95.1 Å². The first-order valence-corrected chi connectivity index (χ1v) is 8.59. The fourth-order valence-corrected chi connectivity index (χ4v) is 4.35. The molecule has 2 aliphatic rings. The largest absolute Gasteiger partial charge is 0.481 e. The van der Waals surface area contributed by atoms with Gasteiger partial charge in [-0.1, -0.05) is 51.4 Å². The standard InChI is InChI=1S/C17H31NO2/c1-18(15-10-6-3-2-4-7-11-15)17(14-16(19)20)12-8-5-9-13-17/h15H,2-14H2,1H3,(H,19,20). The molecule has 1 N–H and O–H groups in total. The van der Waals surface area contributed by atoms with Crippen LogP contribution in [0.4, 0.5) is 0 Å². The smallest absolute Gasteiger partial charge is 0.305 e. The van der Waals surface area contributed by atoms with Gasteiger partial charge in [-0.3, -0.25) is 9.69 Å². The molecule has 0 bridgehead atoms. The van der Waals surface area contributed by atoms with Crippen molar-refractivity contribution in [3.8, 4) is 0 Å². The summed E-state index contributed by atoms with van der Waals surface area (Å²) in [6, 6.07) is 0.604. The molecule has 0 aromatic heterocycles. The summed E-state index contributed by atoms with van der Waals surface area (Å²) in [7, 11) is 2.21. The van der Waals surface area contributed by atoms with Crippen molar-refractivity contribution in [1.29, 1.82) is 0 Å². The molecule has 2 aliphatic carbocycles. The van der Waals surface area contributed by atoms with E-state index in [0.717, 1.165) is 12.8 Å². The van der Waals surface area contributed by atoms with E-state index in [1.165, 1.54) is 64.2 Å². The Morgan fingerprint density at radius 3 is 2.05 bits per heavy atom. The van der Waals surface area contributed by atoms with Crippen LogP contribution in [0.5, 0.6) is 0 Å². The minimum Gasteiger partial charge on any atom is -0.481 e. The first-order chi connectivity index (χ1) is 9.64. The maximum atomic E-state index is 11.4. The normalized spacial score (nSPS) is 25.1. The van der Waals surface area contributed by atoms with Gasteiger partial charge < -0.3 is 5.11 Å². The number of carbonyl (C=O) groups is 1. The molecule has 0 aromatic carbocycles. The average Bonchev–Trinajstić information content (AvgIpc) is 2.38. The van der Waals surface area contributed by atoms with Crippen LogP contribution in [0, 0.1) is 0 Å². The van der Waals surface area contributed by atoms with E-state index >= 15 is 0 Å². The molecular formula is C17H31NO2. The Kier molecular flexibility index (Phi) is 5.88. The van der Waals surface area contributed by atoms with Crippen molar-refractivity contribution in [3.05, 3.63) is 0 Å². The monoisotopic (exact) mass is 281 g/mol. The van der Waals surface area contributed by atoms with Crippen LogP contribution < -0.4 is 0 Å². The van der Waals surface area contributed by atoms with Gasteiger partial charge in [-0.2, -0.15) is 0 Å². The Morgan fingerprint density at radius 1 is 1.00 bits per heavy atom. The molecular weight excluding hydrogens is 250 g/mol. The molecule has 0 atom stereocenters. The molecule has 0 aliphatic heterocycles. The summed E-state index contributed by atoms with van der Waals surface area (Å²) in [6.45, 7) is 0. The lowest BCUT2D eigenvalue weighted by atomic mass is 9.76. The van der Waals surface area contributed by atoms with Crippen LogP contribution in [0.2, 0.25) is 0 Å². The molecule has 2 rings (SSSR count).